The van der Waals surface area contributed by atoms with Gasteiger partial charge in [0.15, 0.2) is 0 Å². The third-order valence-electron chi connectivity index (χ3n) is 2.84. The maximum Gasteiger partial charge on any atom is 0.0817 e. The fraction of sp³-hybridized carbons (Fsp3) is 0.750. The molecule has 0 fully saturated rings. The molecule has 0 aliphatic rings. The number of hydrogen-bond acceptors (Lipinski definition) is 3. The molecule has 0 saturated heterocycles. The molecule has 0 aliphatic heterocycles. The van der Waals surface area contributed by atoms with Crippen molar-refractivity contribution in [3.05, 3.63) is 16.9 Å². The monoisotopic (exact) mass is 259 g/mol. The average molecular weight is 260 g/mol. The zero-order chi connectivity index (χ0) is 12.8. The minimum Gasteiger partial charge on any atom is -0.393 e. The van der Waals surface area contributed by atoms with E-state index in [1.54, 1.807) is 6.20 Å². The van der Waals surface area contributed by atoms with Gasteiger partial charge in [0, 0.05) is 6.54 Å². The Bertz CT molecular complexity index is 338. The molecular formula is C12H22ClN3O. The maximum absolute atomic E-state index is 9.58. The first kappa shape index (κ1) is 14.5. The fourth-order valence-electron chi connectivity index (χ4n) is 1.63. The van der Waals surface area contributed by atoms with Gasteiger partial charge in [0.1, 0.15) is 0 Å². The van der Waals surface area contributed by atoms with Crippen LogP contribution in [0.5, 0.6) is 0 Å². The zero-order valence-corrected chi connectivity index (χ0v) is 11.6. The molecule has 0 saturated carbocycles. The van der Waals surface area contributed by atoms with E-state index in [4.69, 9.17) is 11.6 Å². The van der Waals surface area contributed by atoms with Gasteiger partial charge in [-0.25, -0.2) is 0 Å². The second kappa shape index (κ2) is 6.99. The van der Waals surface area contributed by atoms with E-state index in [-0.39, 0.29) is 6.10 Å². The SMILES string of the molecule is CCC(O)CCc1c(Cl)cnn1CCN(C)C. The van der Waals surface area contributed by atoms with Crippen molar-refractivity contribution in [3.8, 4) is 0 Å². The molecule has 1 N–H and O–H groups in total. The van der Waals surface area contributed by atoms with Crippen LogP contribution in [-0.4, -0.2) is 46.5 Å². The highest BCUT2D eigenvalue weighted by molar-refractivity contribution is 6.31. The first-order valence-electron chi connectivity index (χ1n) is 6.07. The van der Waals surface area contributed by atoms with E-state index < -0.39 is 0 Å². The normalized spacial score (nSPS) is 13.3. The van der Waals surface area contributed by atoms with E-state index in [0.29, 0.717) is 5.02 Å². The molecule has 1 aromatic heterocycles. The number of halogens is 1. The Morgan fingerprint density at radius 1 is 1.53 bits per heavy atom. The predicted octanol–water partition coefficient (Wildman–Crippen LogP) is 1.80. The molecule has 0 amide bonds. The predicted molar refractivity (Wildman–Crippen MR) is 70.4 cm³/mol. The summed E-state index contributed by atoms with van der Waals surface area (Å²) in [6, 6.07) is 0. The third-order valence-corrected chi connectivity index (χ3v) is 3.16. The Balaban J connectivity index is 2.59. The number of nitrogens with zero attached hydrogens (tertiary/aromatic N) is 3. The second-order valence-electron chi connectivity index (χ2n) is 4.57. The molecule has 1 unspecified atom stereocenters. The Labute approximate surface area is 108 Å². The van der Waals surface area contributed by atoms with Gasteiger partial charge >= 0.3 is 0 Å². The maximum atomic E-state index is 9.58. The zero-order valence-electron chi connectivity index (χ0n) is 10.9. The Morgan fingerprint density at radius 3 is 2.82 bits per heavy atom. The molecule has 1 aromatic rings. The lowest BCUT2D eigenvalue weighted by Crippen LogP contribution is -2.20. The van der Waals surface area contributed by atoms with Gasteiger partial charge in [0.2, 0.25) is 0 Å². The van der Waals surface area contributed by atoms with Crippen LogP contribution in [0.25, 0.3) is 0 Å². The van der Waals surface area contributed by atoms with Crippen molar-refractivity contribution in [2.45, 2.75) is 38.8 Å². The molecule has 1 rings (SSSR count). The lowest BCUT2D eigenvalue weighted by Gasteiger charge is -2.13. The minimum atomic E-state index is -0.247. The lowest BCUT2D eigenvalue weighted by atomic mass is 10.1. The second-order valence-corrected chi connectivity index (χ2v) is 4.97. The van der Waals surface area contributed by atoms with Gasteiger partial charge < -0.3 is 10.0 Å². The largest absolute Gasteiger partial charge is 0.393 e. The van der Waals surface area contributed by atoms with Crippen molar-refractivity contribution in [2.24, 2.45) is 0 Å². The summed E-state index contributed by atoms with van der Waals surface area (Å²) in [5.74, 6) is 0. The highest BCUT2D eigenvalue weighted by Gasteiger charge is 2.11. The first-order valence-corrected chi connectivity index (χ1v) is 6.45. The summed E-state index contributed by atoms with van der Waals surface area (Å²) in [6.07, 6.45) is 3.74. The summed E-state index contributed by atoms with van der Waals surface area (Å²) in [4.78, 5) is 2.11. The van der Waals surface area contributed by atoms with E-state index in [1.165, 1.54) is 0 Å². The third kappa shape index (κ3) is 4.66. The Morgan fingerprint density at radius 2 is 2.24 bits per heavy atom. The molecule has 0 bridgehead atoms. The smallest absolute Gasteiger partial charge is 0.0817 e. The lowest BCUT2D eigenvalue weighted by molar-refractivity contribution is 0.160. The van der Waals surface area contributed by atoms with Gasteiger partial charge in [0.05, 0.1) is 29.6 Å². The molecule has 1 heterocycles. The Hall–Kier alpha value is -0.580. The number of aromatic nitrogens is 2. The highest BCUT2D eigenvalue weighted by atomic mass is 35.5. The number of rotatable bonds is 7. The van der Waals surface area contributed by atoms with Crippen LogP contribution in [0.4, 0.5) is 0 Å². The standard InChI is InChI=1S/C12H22ClN3O/c1-4-10(17)5-6-12-11(13)9-14-16(12)8-7-15(2)3/h9-10,17H,4-8H2,1-3H3. The molecule has 5 heteroatoms. The highest BCUT2D eigenvalue weighted by Crippen LogP contribution is 2.18. The van der Waals surface area contributed by atoms with Gasteiger partial charge in [0.25, 0.3) is 0 Å². The number of aliphatic hydroxyl groups is 1. The van der Waals surface area contributed by atoms with Crippen LogP contribution in [0, 0.1) is 0 Å². The summed E-state index contributed by atoms with van der Waals surface area (Å²) in [5.41, 5.74) is 1.03. The number of hydrogen-bond donors (Lipinski definition) is 1. The van der Waals surface area contributed by atoms with Crippen LogP contribution in [0.1, 0.15) is 25.5 Å². The van der Waals surface area contributed by atoms with E-state index >= 15 is 0 Å². The van der Waals surface area contributed by atoms with E-state index in [9.17, 15) is 5.11 Å². The van der Waals surface area contributed by atoms with Crippen LogP contribution in [-0.2, 0) is 13.0 Å². The van der Waals surface area contributed by atoms with Crippen molar-refractivity contribution in [3.63, 3.8) is 0 Å². The van der Waals surface area contributed by atoms with E-state index in [1.807, 2.05) is 25.7 Å². The number of likely N-dealkylation sites (N-methyl/N-ethyl adjacent to an activating group) is 1. The molecule has 4 nitrogen and oxygen atoms in total. The van der Waals surface area contributed by atoms with Gasteiger partial charge in [-0.1, -0.05) is 18.5 Å². The minimum absolute atomic E-state index is 0.247. The van der Waals surface area contributed by atoms with Gasteiger partial charge in [-0.05, 0) is 33.4 Å². The van der Waals surface area contributed by atoms with Gasteiger partial charge in [-0.15, -0.1) is 0 Å². The van der Waals surface area contributed by atoms with Gasteiger partial charge in [-0.3, -0.25) is 4.68 Å². The van der Waals surface area contributed by atoms with Crippen molar-refractivity contribution in [1.29, 1.82) is 0 Å². The van der Waals surface area contributed by atoms with Crippen LogP contribution < -0.4 is 0 Å². The topological polar surface area (TPSA) is 41.3 Å². The van der Waals surface area contributed by atoms with E-state index in [0.717, 1.165) is 38.0 Å². The Kier molecular flexibility index (Phi) is 5.95. The molecular weight excluding hydrogens is 238 g/mol. The quantitative estimate of drug-likeness (QED) is 0.812. The summed E-state index contributed by atoms with van der Waals surface area (Å²) in [7, 11) is 4.07. The van der Waals surface area contributed by atoms with E-state index in [2.05, 4.69) is 10.00 Å². The van der Waals surface area contributed by atoms with Crippen molar-refractivity contribution < 1.29 is 5.11 Å². The van der Waals surface area contributed by atoms with Gasteiger partial charge in [-0.2, -0.15) is 5.10 Å². The van der Waals surface area contributed by atoms with Crippen molar-refractivity contribution in [1.82, 2.24) is 14.7 Å². The van der Waals surface area contributed by atoms with Crippen molar-refractivity contribution >= 4 is 11.6 Å². The average Bonchev–Trinajstić information content (AvgIpc) is 2.64. The molecule has 0 aliphatic carbocycles. The summed E-state index contributed by atoms with van der Waals surface area (Å²) >= 11 is 6.11. The molecule has 17 heavy (non-hydrogen) atoms. The fourth-order valence-corrected chi connectivity index (χ4v) is 1.87. The molecule has 0 spiro atoms. The molecule has 0 radical (unpaired) electrons. The molecule has 0 aromatic carbocycles. The molecule has 98 valence electrons. The van der Waals surface area contributed by atoms with Crippen LogP contribution in [0.3, 0.4) is 0 Å². The van der Waals surface area contributed by atoms with Crippen molar-refractivity contribution in [2.75, 3.05) is 20.6 Å². The summed E-state index contributed by atoms with van der Waals surface area (Å²) < 4.78 is 1.94. The summed E-state index contributed by atoms with van der Waals surface area (Å²) in [5, 5.41) is 14.5. The molecule has 1 atom stereocenters. The van der Waals surface area contributed by atoms with Crippen LogP contribution in [0.15, 0.2) is 6.20 Å². The first-order chi connectivity index (χ1) is 8.04. The summed E-state index contributed by atoms with van der Waals surface area (Å²) in [6.45, 7) is 3.74. The van der Waals surface area contributed by atoms with Crippen LogP contribution in [0.2, 0.25) is 5.02 Å². The number of aliphatic hydroxyl groups excluding tert-OH is 1. The van der Waals surface area contributed by atoms with Crippen LogP contribution >= 0.6 is 11.6 Å².